The van der Waals surface area contributed by atoms with Crippen molar-refractivity contribution in [1.82, 2.24) is 10.3 Å². The maximum Gasteiger partial charge on any atom is 0.249 e. The Labute approximate surface area is 90.1 Å². The largest absolute Gasteiger partial charge is 0.389 e. The predicted octanol–water partition coefficient (Wildman–Crippen LogP) is -0.423. The molecule has 0 spiro atoms. The van der Waals surface area contributed by atoms with Gasteiger partial charge in [-0.25, -0.2) is 4.98 Å². The van der Waals surface area contributed by atoms with Gasteiger partial charge in [-0.1, -0.05) is 11.3 Å². The van der Waals surface area contributed by atoms with E-state index in [4.69, 9.17) is 5.73 Å². The average molecular weight is 226 g/mol. The van der Waals surface area contributed by atoms with Gasteiger partial charge in [0.1, 0.15) is 17.6 Å². The van der Waals surface area contributed by atoms with Crippen molar-refractivity contribution in [2.24, 2.45) is 0 Å². The van der Waals surface area contributed by atoms with Crippen LogP contribution < -0.4 is 16.0 Å². The molecule has 1 fully saturated rings. The lowest BCUT2D eigenvalue weighted by atomic mass is 10.2. The van der Waals surface area contributed by atoms with Gasteiger partial charge in [0.25, 0.3) is 0 Å². The van der Waals surface area contributed by atoms with E-state index in [1.807, 2.05) is 0 Å². The molecule has 15 heavy (non-hydrogen) atoms. The molecule has 0 aliphatic carbocycles. The molecule has 1 aromatic rings. The van der Waals surface area contributed by atoms with Crippen LogP contribution in [0, 0.1) is 0 Å². The van der Waals surface area contributed by atoms with E-state index < -0.39 is 6.04 Å². The highest BCUT2D eigenvalue weighted by molar-refractivity contribution is 7.19. The molecule has 3 N–H and O–H groups in total. The van der Waals surface area contributed by atoms with Crippen LogP contribution in [0.25, 0.3) is 0 Å². The fourth-order valence-corrected chi connectivity index (χ4v) is 2.12. The molecular weight excluding hydrogens is 216 g/mol. The van der Waals surface area contributed by atoms with Crippen LogP contribution in [0.4, 0.5) is 10.1 Å². The second-order valence-corrected chi connectivity index (χ2v) is 4.30. The van der Waals surface area contributed by atoms with Crippen LogP contribution in [0.15, 0.2) is 6.20 Å². The van der Waals surface area contributed by atoms with Crippen molar-refractivity contribution < 1.29 is 9.59 Å². The van der Waals surface area contributed by atoms with Crippen LogP contribution in [0.5, 0.6) is 0 Å². The molecule has 0 bridgehead atoms. The first-order chi connectivity index (χ1) is 7.08. The number of anilines is 2. The number of carbonyl (C=O) groups excluding carboxylic acids is 2. The van der Waals surface area contributed by atoms with Crippen LogP contribution in [0.1, 0.15) is 6.92 Å². The van der Waals surface area contributed by atoms with Crippen molar-refractivity contribution in [1.29, 1.82) is 0 Å². The molecule has 0 saturated carbocycles. The number of thiazole rings is 1. The molecular formula is C8H10N4O2S. The predicted molar refractivity (Wildman–Crippen MR) is 56.5 cm³/mol. The summed E-state index contributed by atoms with van der Waals surface area (Å²) in [5, 5.41) is 3.43. The lowest BCUT2D eigenvalue weighted by molar-refractivity contribution is -0.132. The molecule has 1 aromatic heterocycles. The first kappa shape index (κ1) is 9.91. The Bertz CT molecular complexity index is 417. The lowest BCUT2D eigenvalue weighted by Crippen LogP contribution is -2.57. The molecule has 0 aromatic carbocycles. The van der Waals surface area contributed by atoms with Crippen molar-refractivity contribution in [2.45, 2.75) is 13.0 Å². The summed E-state index contributed by atoms with van der Waals surface area (Å²) in [7, 11) is 0. The summed E-state index contributed by atoms with van der Waals surface area (Å²) in [6, 6.07) is -0.395. The third-order valence-electron chi connectivity index (χ3n) is 2.18. The molecule has 1 saturated heterocycles. The summed E-state index contributed by atoms with van der Waals surface area (Å²) in [5.41, 5.74) is 5.54. The fraction of sp³-hybridized carbons (Fsp3) is 0.375. The van der Waals surface area contributed by atoms with Crippen LogP contribution in [0.3, 0.4) is 0 Å². The molecule has 0 radical (unpaired) electrons. The van der Waals surface area contributed by atoms with Gasteiger partial charge in [0.2, 0.25) is 11.8 Å². The molecule has 1 unspecified atom stereocenters. The number of hydrogen-bond acceptors (Lipinski definition) is 6. The second-order valence-electron chi connectivity index (χ2n) is 3.26. The molecule has 6 nitrogen and oxygen atoms in total. The zero-order valence-electron chi connectivity index (χ0n) is 8.06. The quantitative estimate of drug-likeness (QED) is 0.635. The number of aromatic nitrogens is 1. The normalized spacial score (nSPS) is 21.7. The summed E-state index contributed by atoms with van der Waals surface area (Å²) < 4.78 is 0. The summed E-state index contributed by atoms with van der Waals surface area (Å²) in [4.78, 5) is 28.2. The molecule has 1 aliphatic rings. The number of rotatable bonds is 1. The van der Waals surface area contributed by atoms with Crippen LogP contribution in [0.2, 0.25) is 0 Å². The first-order valence-corrected chi connectivity index (χ1v) is 5.21. The van der Waals surface area contributed by atoms with E-state index in [1.54, 1.807) is 11.8 Å². The monoisotopic (exact) mass is 226 g/mol. The van der Waals surface area contributed by atoms with Crippen LogP contribution >= 0.6 is 11.3 Å². The Morgan fingerprint density at radius 1 is 1.67 bits per heavy atom. The highest BCUT2D eigenvalue weighted by atomic mass is 32.1. The number of piperazine rings is 1. The maximum atomic E-state index is 11.4. The smallest absolute Gasteiger partial charge is 0.249 e. The number of nitrogens with one attached hydrogen (secondary N) is 1. The zero-order valence-corrected chi connectivity index (χ0v) is 8.87. The van der Waals surface area contributed by atoms with Crippen LogP contribution in [-0.4, -0.2) is 29.4 Å². The van der Waals surface area contributed by atoms with Gasteiger partial charge in [-0.05, 0) is 6.92 Å². The van der Waals surface area contributed by atoms with Crippen molar-refractivity contribution in [3.05, 3.63) is 6.20 Å². The van der Waals surface area contributed by atoms with Crippen molar-refractivity contribution in [3.8, 4) is 0 Å². The topological polar surface area (TPSA) is 88.3 Å². The highest BCUT2D eigenvalue weighted by Gasteiger charge is 2.31. The minimum absolute atomic E-state index is 0.139. The molecule has 7 heteroatoms. The third kappa shape index (κ3) is 1.78. The number of amides is 2. The van der Waals surface area contributed by atoms with E-state index in [0.29, 0.717) is 10.1 Å². The van der Waals surface area contributed by atoms with Crippen molar-refractivity contribution >= 4 is 33.3 Å². The number of carbonyl (C=O) groups is 2. The minimum Gasteiger partial charge on any atom is -0.389 e. The zero-order chi connectivity index (χ0) is 11.0. The first-order valence-electron chi connectivity index (χ1n) is 4.39. The number of nitrogen functional groups attached to an aromatic ring is 1. The van der Waals surface area contributed by atoms with E-state index in [-0.39, 0.29) is 18.4 Å². The highest BCUT2D eigenvalue weighted by Crippen LogP contribution is 2.26. The van der Waals surface area contributed by atoms with Gasteiger partial charge in [-0.2, -0.15) is 0 Å². The van der Waals surface area contributed by atoms with Crippen molar-refractivity contribution in [3.63, 3.8) is 0 Å². The lowest BCUT2D eigenvalue weighted by Gasteiger charge is -2.31. The van der Waals surface area contributed by atoms with Gasteiger partial charge in [-0.3, -0.25) is 14.9 Å². The molecule has 80 valence electrons. The Morgan fingerprint density at radius 3 is 3.00 bits per heavy atom. The van der Waals surface area contributed by atoms with Gasteiger partial charge in [0, 0.05) is 0 Å². The standard InChI is InChI=1S/C8H10N4O2S/c1-4-7(14)11-6(13)3-12(4)8-10-2-5(9)15-8/h2,4H,3,9H2,1H3,(H,11,13,14). The number of imide groups is 1. The summed E-state index contributed by atoms with van der Waals surface area (Å²) in [6.45, 7) is 1.86. The van der Waals surface area contributed by atoms with E-state index in [9.17, 15) is 9.59 Å². The van der Waals surface area contributed by atoms with Gasteiger partial charge in [-0.15, -0.1) is 0 Å². The minimum atomic E-state index is -0.395. The van der Waals surface area contributed by atoms with E-state index in [0.717, 1.165) is 0 Å². The molecule has 2 rings (SSSR count). The van der Waals surface area contributed by atoms with Gasteiger partial charge >= 0.3 is 0 Å². The Kier molecular flexibility index (Phi) is 2.31. The summed E-state index contributed by atoms with van der Waals surface area (Å²) in [5.74, 6) is -0.619. The van der Waals surface area contributed by atoms with Gasteiger partial charge in [0.15, 0.2) is 5.13 Å². The molecule has 1 atom stereocenters. The van der Waals surface area contributed by atoms with Gasteiger partial charge < -0.3 is 10.6 Å². The second kappa shape index (κ2) is 3.50. The average Bonchev–Trinajstić information content (AvgIpc) is 2.58. The Balaban J connectivity index is 2.27. The van der Waals surface area contributed by atoms with E-state index in [1.165, 1.54) is 17.5 Å². The summed E-state index contributed by atoms with van der Waals surface area (Å²) in [6.07, 6.45) is 1.52. The number of nitrogens with two attached hydrogens (primary N) is 1. The van der Waals surface area contributed by atoms with E-state index in [2.05, 4.69) is 10.3 Å². The number of nitrogens with zero attached hydrogens (tertiary/aromatic N) is 2. The van der Waals surface area contributed by atoms with Crippen LogP contribution in [-0.2, 0) is 9.59 Å². The summed E-state index contributed by atoms with van der Waals surface area (Å²) >= 11 is 1.26. The fourth-order valence-electron chi connectivity index (χ4n) is 1.36. The van der Waals surface area contributed by atoms with Crippen molar-refractivity contribution in [2.75, 3.05) is 17.2 Å². The molecule has 2 amide bonds. The Morgan fingerprint density at radius 2 is 2.40 bits per heavy atom. The maximum absolute atomic E-state index is 11.4. The van der Waals surface area contributed by atoms with E-state index >= 15 is 0 Å². The SMILES string of the molecule is CC1C(=O)NC(=O)CN1c1ncc(N)s1. The molecule has 2 heterocycles. The molecule has 1 aliphatic heterocycles. The third-order valence-corrected chi connectivity index (χ3v) is 3.04. The Hall–Kier alpha value is -1.63. The number of hydrogen-bond donors (Lipinski definition) is 2. The van der Waals surface area contributed by atoms with Gasteiger partial charge in [0.05, 0.1) is 6.20 Å².